The molecule has 0 spiro atoms. The molecule has 2 nitrogen and oxygen atoms in total. The van der Waals surface area contributed by atoms with Crippen molar-refractivity contribution in [3.05, 3.63) is 48.0 Å². The number of hydrogen-bond acceptors (Lipinski definition) is 1. The predicted molar refractivity (Wildman–Crippen MR) is 53.3 cm³/mol. The molecule has 0 radical (unpaired) electrons. The van der Waals surface area contributed by atoms with Gasteiger partial charge in [-0.05, 0) is 0 Å². The molecule has 0 atom stereocenters. The van der Waals surface area contributed by atoms with Crippen molar-refractivity contribution in [2.24, 2.45) is 5.73 Å². The standard InChI is InChI=1S/C11H11F2NO/c1-8(10(14)15)7-11(12,13)9-5-3-2-4-6-9/h2-6H,1,7H2,(H2,14,15). The number of benzene rings is 1. The van der Waals surface area contributed by atoms with E-state index in [0.717, 1.165) is 0 Å². The van der Waals surface area contributed by atoms with E-state index in [0.29, 0.717) is 0 Å². The topological polar surface area (TPSA) is 43.1 Å². The number of hydrogen-bond donors (Lipinski definition) is 1. The normalized spacial score (nSPS) is 11.1. The number of amides is 1. The van der Waals surface area contributed by atoms with Crippen LogP contribution in [0, 0.1) is 0 Å². The van der Waals surface area contributed by atoms with Crippen molar-refractivity contribution in [1.82, 2.24) is 0 Å². The van der Waals surface area contributed by atoms with Gasteiger partial charge in [-0.2, -0.15) is 0 Å². The molecular formula is C11H11F2NO. The molecule has 0 bridgehead atoms. The van der Waals surface area contributed by atoms with Crippen molar-refractivity contribution < 1.29 is 13.6 Å². The molecule has 1 aromatic rings. The van der Waals surface area contributed by atoms with E-state index in [4.69, 9.17) is 5.73 Å². The van der Waals surface area contributed by atoms with Crippen LogP contribution in [0.5, 0.6) is 0 Å². The summed E-state index contributed by atoms with van der Waals surface area (Å²) < 4.78 is 27.0. The smallest absolute Gasteiger partial charge is 0.277 e. The van der Waals surface area contributed by atoms with Gasteiger partial charge in [-0.25, -0.2) is 8.78 Å². The maximum Gasteiger partial charge on any atom is 0.277 e. The first-order chi connectivity index (χ1) is 6.93. The first-order valence-corrected chi connectivity index (χ1v) is 4.34. The van der Waals surface area contributed by atoms with E-state index in [1.54, 1.807) is 6.07 Å². The van der Waals surface area contributed by atoms with E-state index in [2.05, 4.69) is 6.58 Å². The second-order valence-electron chi connectivity index (χ2n) is 3.22. The Hall–Kier alpha value is -1.71. The second kappa shape index (κ2) is 4.21. The second-order valence-corrected chi connectivity index (χ2v) is 3.22. The highest BCUT2D eigenvalue weighted by molar-refractivity contribution is 5.91. The predicted octanol–water partition coefficient (Wildman–Crippen LogP) is 2.21. The van der Waals surface area contributed by atoms with Crippen molar-refractivity contribution in [1.29, 1.82) is 0 Å². The number of nitrogens with two attached hydrogens (primary N) is 1. The Balaban J connectivity index is 2.85. The molecule has 0 unspecified atom stereocenters. The maximum absolute atomic E-state index is 13.5. The van der Waals surface area contributed by atoms with Crippen molar-refractivity contribution in [2.45, 2.75) is 12.3 Å². The van der Waals surface area contributed by atoms with Crippen molar-refractivity contribution >= 4 is 5.91 Å². The Labute approximate surface area is 86.4 Å². The molecule has 4 heteroatoms. The van der Waals surface area contributed by atoms with Crippen LogP contribution in [-0.2, 0) is 10.7 Å². The lowest BCUT2D eigenvalue weighted by Gasteiger charge is -2.16. The van der Waals surface area contributed by atoms with E-state index in [1.165, 1.54) is 24.3 Å². The number of primary amides is 1. The fraction of sp³-hybridized carbons (Fsp3) is 0.182. The maximum atomic E-state index is 13.5. The lowest BCUT2D eigenvalue weighted by atomic mass is 10.0. The quantitative estimate of drug-likeness (QED) is 0.762. The number of halogens is 2. The number of alkyl halides is 2. The number of carbonyl (C=O) groups is 1. The van der Waals surface area contributed by atoms with Gasteiger partial charge < -0.3 is 5.73 Å². The molecule has 0 saturated heterocycles. The van der Waals surface area contributed by atoms with Crippen LogP contribution in [0.2, 0.25) is 0 Å². The molecule has 15 heavy (non-hydrogen) atoms. The van der Waals surface area contributed by atoms with Crippen molar-refractivity contribution in [3.8, 4) is 0 Å². The van der Waals surface area contributed by atoms with Crippen LogP contribution < -0.4 is 5.73 Å². The first kappa shape index (κ1) is 11.4. The van der Waals surface area contributed by atoms with Crippen LogP contribution >= 0.6 is 0 Å². The Morgan fingerprint density at radius 2 is 1.87 bits per heavy atom. The van der Waals surface area contributed by atoms with Crippen LogP contribution in [0.15, 0.2) is 42.5 Å². The first-order valence-electron chi connectivity index (χ1n) is 4.34. The molecule has 1 rings (SSSR count). The lowest BCUT2D eigenvalue weighted by molar-refractivity contribution is -0.115. The van der Waals surface area contributed by atoms with Crippen LogP contribution in [0.4, 0.5) is 8.78 Å². The number of carbonyl (C=O) groups excluding carboxylic acids is 1. The zero-order chi connectivity index (χ0) is 11.5. The van der Waals surface area contributed by atoms with E-state index in [9.17, 15) is 13.6 Å². The molecule has 1 aromatic carbocycles. The van der Waals surface area contributed by atoms with Gasteiger partial charge in [0.1, 0.15) is 0 Å². The van der Waals surface area contributed by atoms with Gasteiger partial charge in [-0.3, -0.25) is 4.79 Å². The highest BCUT2D eigenvalue weighted by Gasteiger charge is 2.32. The van der Waals surface area contributed by atoms with Gasteiger partial charge in [-0.15, -0.1) is 0 Å². The minimum absolute atomic E-state index is 0.146. The molecular weight excluding hydrogens is 200 g/mol. The minimum atomic E-state index is -3.10. The molecule has 0 aliphatic carbocycles. The van der Waals surface area contributed by atoms with Gasteiger partial charge in [-0.1, -0.05) is 36.9 Å². The van der Waals surface area contributed by atoms with Crippen LogP contribution in [0.1, 0.15) is 12.0 Å². The monoisotopic (exact) mass is 211 g/mol. The lowest BCUT2D eigenvalue weighted by Crippen LogP contribution is -2.21. The van der Waals surface area contributed by atoms with Gasteiger partial charge in [0.2, 0.25) is 5.91 Å². The molecule has 0 saturated carbocycles. The largest absolute Gasteiger partial charge is 0.366 e. The van der Waals surface area contributed by atoms with Gasteiger partial charge >= 0.3 is 0 Å². The van der Waals surface area contributed by atoms with Crippen molar-refractivity contribution in [3.63, 3.8) is 0 Å². The zero-order valence-electron chi connectivity index (χ0n) is 8.04. The van der Waals surface area contributed by atoms with Crippen LogP contribution in [-0.4, -0.2) is 5.91 Å². The molecule has 1 amide bonds. The summed E-state index contributed by atoms with van der Waals surface area (Å²) in [6.07, 6.45) is -0.744. The molecule has 0 fully saturated rings. The Bertz CT molecular complexity index is 373. The molecule has 0 aromatic heterocycles. The Kier molecular flexibility index (Phi) is 3.19. The third-order valence-electron chi connectivity index (χ3n) is 1.98. The van der Waals surface area contributed by atoms with E-state index < -0.39 is 18.3 Å². The average Bonchev–Trinajstić information content (AvgIpc) is 2.18. The van der Waals surface area contributed by atoms with Crippen LogP contribution in [0.3, 0.4) is 0 Å². The fourth-order valence-corrected chi connectivity index (χ4v) is 1.14. The SMILES string of the molecule is C=C(CC(F)(F)c1ccccc1)C(N)=O. The summed E-state index contributed by atoms with van der Waals surface area (Å²) >= 11 is 0. The zero-order valence-corrected chi connectivity index (χ0v) is 8.04. The van der Waals surface area contributed by atoms with Gasteiger partial charge in [0, 0.05) is 17.6 Å². The Morgan fingerprint density at radius 1 is 1.33 bits per heavy atom. The number of rotatable bonds is 4. The van der Waals surface area contributed by atoms with Crippen LogP contribution in [0.25, 0.3) is 0 Å². The van der Waals surface area contributed by atoms with Gasteiger partial charge in [0.25, 0.3) is 5.92 Å². The summed E-state index contributed by atoms with van der Waals surface area (Å²) in [7, 11) is 0. The third kappa shape index (κ3) is 2.87. The van der Waals surface area contributed by atoms with E-state index >= 15 is 0 Å². The molecule has 0 aliphatic heterocycles. The summed E-state index contributed by atoms with van der Waals surface area (Å²) in [6.45, 7) is 3.21. The molecule has 0 aliphatic rings. The van der Waals surface area contributed by atoms with E-state index in [-0.39, 0.29) is 11.1 Å². The summed E-state index contributed by atoms with van der Waals surface area (Å²) in [5.41, 5.74) is 4.43. The highest BCUT2D eigenvalue weighted by Crippen LogP contribution is 2.33. The summed E-state index contributed by atoms with van der Waals surface area (Å²) in [6, 6.07) is 7.26. The highest BCUT2D eigenvalue weighted by atomic mass is 19.3. The summed E-state index contributed by atoms with van der Waals surface area (Å²) in [5.74, 6) is -4.00. The third-order valence-corrected chi connectivity index (χ3v) is 1.98. The molecule has 0 heterocycles. The summed E-state index contributed by atoms with van der Waals surface area (Å²) in [4.78, 5) is 10.6. The molecule has 2 N–H and O–H groups in total. The van der Waals surface area contributed by atoms with Gasteiger partial charge in [0.05, 0.1) is 0 Å². The molecule has 80 valence electrons. The average molecular weight is 211 g/mol. The van der Waals surface area contributed by atoms with E-state index in [1.807, 2.05) is 0 Å². The minimum Gasteiger partial charge on any atom is -0.366 e. The van der Waals surface area contributed by atoms with Gasteiger partial charge in [0.15, 0.2) is 0 Å². The van der Waals surface area contributed by atoms with Crippen molar-refractivity contribution in [2.75, 3.05) is 0 Å². The summed E-state index contributed by atoms with van der Waals surface area (Å²) in [5, 5.41) is 0. The Morgan fingerprint density at radius 3 is 2.33 bits per heavy atom. The fourth-order valence-electron chi connectivity index (χ4n) is 1.14.